The van der Waals surface area contributed by atoms with Gasteiger partial charge in [0.15, 0.2) is 0 Å². The molecule has 2 N–H and O–H groups in total. The Morgan fingerprint density at radius 2 is 1.81 bits per heavy atom. The number of nitrogens with one attached hydrogen (secondary N) is 2. The van der Waals surface area contributed by atoms with E-state index in [4.69, 9.17) is 0 Å². The summed E-state index contributed by atoms with van der Waals surface area (Å²) in [6.07, 6.45) is 4.86. The second-order valence-corrected chi connectivity index (χ2v) is 8.38. The molecule has 1 aromatic rings. The number of nitrogens with zero attached hydrogens (tertiary/aromatic N) is 1. The zero-order valence-corrected chi connectivity index (χ0v) is 17.4. The van der Waals surface area contributed by atoms with Gasteiger partial charge in [-0.05, 0) is 62.5 Å². The van der Waals surface area contributed by atoms with E-state index in [9.17, 15) is 9.59 Å². The minimum absolute atomic E-state index is 0.0230. The minimum Gasteiger partial charge on any atom is -0.344 e. The first-order chi connectivity index (χ1) is 12.8. The highest BCUT2D eigenvalue weighted by atomic mass is 16.2. The van der Waals surface area contributed by atoms with Crippen LogP contribution < -0.4 is 10.6 Å². The smallest absolute Gasteiger partial charge is 0.248 e. The Kier molecular flexibility index (Phi) is 7.81. The summed E-state index contributed by atoms with van der Waals surface area (Å²) in [5.74, 6) is 1.84. The van der Waals surface area contributed by atoms with Crippen LogP contribution in [0.25, 0.3) is 0 Å². The van der Waals surface area contributed by atoms with Crippen LogP contribution in [-0.4, -0.2) is 22.8 Å². The molecule has 5 heteroatoms. The van der Waals surface area contributed by atoms with Crippen LogP contribution >= 0.6 is 0 Å². The van der Waals surface area contributed by atoms with Crippen molar-refractivity contribution in [1.29, 1.82) is 0 Å². The second-order valence-electron chi connectivity index (χ2n) is 8.38. The largest absolute Gasteiger partial charge is 0.344 e. The van der Waals surface area contributed by atoms with Crippen LogP contribution in [0.2, 0.25) is 0 Å². The fraction of sp³-hybridized carbons (Fsp3) is 0.682. The Morgan fingerprint density at radius 3 is 2.37 bits per heavy atom. The van der Waals surface area contributed by atoms with Gasteiger partial charge in [-0.2, -0.15) is 0 Å². The van der Waals surface area contributed by atoms with Crippen molar-refractivity contribution in [3.05, 3.63) is 23.9 Å². The predicted octanol–water partition coefficient (Wildman–Crippen LogP) is 4.32. The van der Waals surface area contributed by atoms with Gasteiger partial charge < -0.3 is 10.6 Å². The van der Waals surface area contributed by atoms with Crippen molar-refractivity contribution in [1.82, 2.24) is 10.3 Å². The maximum Gasteiger partial charge on any atom is 0.248 e. The SMILES string of the molecule is CC[C@H](C)[C@@H](NC(=O)C1CCC(C(C)C)CC1)C(=O)Nc1cccc(C)n1. The molecule has 0 aromatic carbocycles. The third-order valence-corrected chi connectivity index (χ3v) is 6.02. The summed E-state index contributed by atoms with van der Waals surface area (Å²) >= 11 is 0. The molecule has 1 heterocycles. The van der Waals surface area contributed by atoms with Crippen molar-refractivity contribution in [2.24, 2.45) is 23.7 Å². The van der Waals surface area contributed by atoms with Gasteiger partial charge in [-0.15, -0.1) is 0 Å². The molecule has 0 saturated heterocycles. The lowest BCUT2D eigenvalue weighted by Crippen LogP contribution is -2.50. The molecule has 1 aliphatic carbocycles. The number of anilines is 1. The van der Waals surface area contributed by atoms with Crippen LogP contribution in [0.4, 0.5) is 5.82 Å². The Bertz CT molecular complexity index is 636. The quantitative estimate of drug-likeness (QED) is 0.747. The number of pyridine rings is 1. The first-order valence-electron chi connectivity index (χ1n) is 10.4. The minimum atomic E-state index is -0.535. The van der Waals surface area contributed by atoms with E-state index < -0.39 is 6.04 Å². The number of aromatic nitrogens is 1. The Labute approximate surface area is 163 Å². The monoisotopic (exact) mass is 373 g/mol. The number of carbonyl (C=O) groups is 2. The molecule has 27 heavy (non-hydrogen) atoms. The molecule has 2 rings (SSSR count). The Balaban J connectivity index is 1.99. The molecule has 1 fully saturated rings. The van der Waals surface area contributed by atoms with Gasteiger partial charge in [-0.1, -0.05) is 40.2 Å². The number of rotatable bonds is 7. The van der Waals surface area contributed by atoms with Gasteiger partial charge in [-0.3, -0.25) is 9.59 Å². The first-order valence-corrected chi connectivity index (χ1v) is 10.4. The number of hydrogen-bond donors (Lipinski definition) is 2. The van der Waals surface area contributed by atoms with Crippen LogP contribution in [-0.2, 0) is 9.59 Å². The molecule has 0 spiro atoms. The highest BCUT2D eigenvalue weighted by molar-refractivity contribution is 5.97. The summed E-state index contributed by atoms with van der Waals surface area (Å²) in [4.78, 5) is 30.0. The Hall–Kier alpha value is -1.91. The van der Waals surface area contributed by atoms with Crippen LogP contribution in [0.5, 0.6) is 0 Å². The van der Waals surface area contributed by atoms with Gasteiger partial charge in [-0.25, -0.2) is 4.98 Å². The summed E-state index contributed by atoms with van der Waals surface area (Å²) < 4.78 is 0. The lowest BCUT2D eigenvalue weighted by atomic mass is 9.76. The second kappa shape index (κ2) is 9.86. The van der Waals surface area contributed by atoms with Crippen molar-refractivity contribution in [2.45, 2.75) is 72.8 Å². The van der Waals surface area contributed by atoms with E-state index >= 15 is 0 Å². The van der Waals surface area contributed by atoms with Crippen molar-refractivity contribution in [3.63, 3.8) is 0 Å². The van der Waals surface area contributed by atoms with Gasteiger partial charge >= 0.3 is 0 Å². The molecule has 0 unspecified atom stereocenters. The lowest BCUT2D eigenvalue weighted by molar-refractivity contribution is -0.131. The van der Waals surface area contributed by atoms with E-state index in [2.05, 4.69) is 29.5 Å². The van der Waals surface area contributed by atoms with Gasteiger partial charge in [0.1, 0.15) is 11.9 Å². The molecule has 1 saturated carbocycles. The van der Waals surface area contributed by atoms with E-state index in [-0.39, 0.29) is 23.7 Å². The molecule has 150 valence electrons. The van der Waals surface area contributed by atoms with Crippen molar-refractivity contribution in [3.8, 4) is 0 Å². The van der Waals surface area contributed by atoms with Crippen LogP contribution in [0.3, 0.4) is 0 Å². The van der Waals surface area contributed by atoms with Gasteiger partial charge in [0, 0.05) is 11.6 Å². The molecule has 1 aliphatic rings. The fourth-order valence-corrected chi connectivity index (χ4v) is 3.84. The topological polar surface area (TPSA) is 71.1 Å². The van der Waals surface area contributed by atoms with E-state index in [1.54, 1.807) is 6.07 Å². The molecular weight excluding hydrogens is 338 g/mol. The maximum absolute atomic E-state index is 12.8. The van der Waals surface area contributed by atoms with Gasteiger partial charge in [0.25, 0.3) is 0 Å². The van der Waals surface area contributed by atoms with Crippen LogP contribution in [0.1, 0.15) is 65.5 Å². The van der Waals surface area contributed by atoms with E-state index in [1.807, 2.05) is 32.9 Å². The van der Waals surface area contributed by atoms with E-state index in [0.717, 1.165) is 43.7 Å². The molecule has 1 aromatic heterocycles. The highest BCUT2D eigenvalue weighted by Crippen LogP contribution is 2.33. The van der Waals surface area contributed by atoms with Crippen LogP contribution in [0.15, 0.2) is 18.2 Å². The average Bonchev–Trinajstić information content (AvgIpc) is 2.65. The number of carbonyl (C=O) groups excluding carboxylic acids is 2. The molecule has 2 atom stereocenters. The molecular formula is C22H35N3O2. The molecule has 0 bridgehead atoms. The number of hydrogen-bond acceptors (Lipinski definition) is 3. The standard InChI is InChI=1S/C22H35N3O2/c1-6-15(4)20(22(27)24-19-9-7-8-16(5)23-19)25-21(26)18-12-10-17(11-13-18)14(2)3/h7-9,14-15,17-18,20H,6,10-13H2,1-5H3,(H,25,26)(H,23,24,27)/t15-,17?,18?,20+/m0/s1. The van der Waals surface area contributed by atoms with E-state index in [0.29, 0.717) is 11.7 Å². The third-order valence-electron chi connectivity index (χ3n) is 6.02. The molecule has 0 aliphatic heterocycles. The van der Waals surface area contributed by atoms with Crippen molar-refractivity contribution < 1.29 is 9.59 Å². The van der Waals surface area contributed by atoms with Gasteiger partial charge in [0.2, 0.25) is 11.8 Å². The summed E-state index contributed by atoms with van der Waals surface area (Å²) in [7, 11) is 0. The van der Waals surface area contributed by atoms with E-state index in [1.165, 1.54) is 0 Å². The summed E-state index contributed by atoms with van der Waals surface area (Å²) in [6.45, 7) is 10.4. The maximum atomic E-state index is 12.8. The highest BCUT2D eigenvalue weighted by Gasteiger charge is 2.32. The zero-order chi connectivity index (χ0) is 20.0. The van der Waals surface area contributed by atoms with Crippen molar-refractivity contribution >= 4 is 17.6 Å². The summed E-state index contributed by atoms with van der Waals surface area (Å²) in [5.41, 5.74) is 0.846. The van der Waals surface area contributed by atoms with Crippen LogP contribution in [0, 0.1) is 30.6 Å². The fourth-order valence-electron chi connectivity index (χ4n) is 3.84. The Morgan fingerprint density at radius 1 is 1.15 bits per heavy atom. The normalized spacial score (nSPS) is 22.1. The van der Waals surface area contributed by atoms with Crippen molar-refractivity contribution in [2.75, 3.05) is 5.32 Å². The lowest BCUT2D eigenvalue weighted by Gasteiger charge is -2.32. The number of amides is 2. The number of aryl methyl sites for hydroxylation is 1. The zero-order valence-electron chi connectivity index (χ0n) is 17.4. The molecule has 2 amide bonds. The summed E-state index contributed by atoms with van der Waals surface area (Å²) in [5, 5.41) is 5.90. The molecule has 5 nitrogen and oxygen atoms in total. The molecule has 0 radical (unpaired) electrons. The van der Waals surface area contributed by atoms with Gasteiger partial charge in [0.05, 0.1) is 0 Å². The average molecular weight is 374 g/mol. The first kappa shape index (κ1) is 21.4. The third kappa shape index (κ3) is 6.05. The predicted molar refractivity (Wildman–Crippen MR) is 109 cm³/mol. The summed E-state index contributed by atoms with van der Waals surface area (Å²) in [6, 6.07) is 4.99.